The molecule has 0 aliphatic carbocycles. The van der Waals surface area contributed by atoms with E-state index in [0.717, 1.165) is 28.1 Å². The smallest absolute Gasteiger partial charge is 0.190 e. The Morgan fingerprint density at radius 3 is 2.77 bits per heavy atom. The molecule has 10 heteroatoms. The van der Waals surface area contributed by atoms with E-state index in [2.05, 4.69) is 15.6 Å². The van der Waals surface area contributed by atoms with Crippen molar-refractivity contribution in [3.05, 3.63) is 88.4 Å². The van der Waals surface area contributed by atoms with Gasteiger partial charge in [0.05, 0.1) is 25.1 Å². The van der Waals surface area contributed by atoms with Gasteiger partial charge in [0.1, 0.15) is 35.0 Å². The fourth-order valence-electron chi connectivity index (χ4n) is 4.45. The molecule has 0 saturated heterocycles. The van der Waals surface area contributed by atoms with Crippen molar-refractivity contribution >= 4 is 17.4 Å². The van der Waals surface area contributed by atoms with Crippen LogP contribution in [-0.4, -0.2) is 35.6 Å². The van der Waals surface area contributed by atoms with Gasteiger partial charge in [-0.1, -0.05) is 29.8 Å². The second kappa shape index (κ2) is 9.33. The number of imidazole rings is 1. The minimum atomic E-state index is -1.20. The van der Waals surface area contributed by atoms with E-state index in [1.54, 1.807) is 36.3 Å². The fourth-order valence-corrected chi connectivity index (χ4v) is 4.60. The van der Waals surface area contributed by atoms with E-state index < -0.39 is 11.9 Å². The lowest BCUT2D eigenvalue weighted by Crippen LogP contribution is -2.66. The molecular weight excluding hydrogens is 471 g/mol. The summed E-state index contributed by atoms with van der Waals surface area (Å²) < 4.78 is 27.1. The Morgan fingerprint density at radius 1 is 1.29 bits per heavy atom. The lowest BCUT2D eigenvalue weighted by molar-refractivity contribution is 0.0548. The van der Waals surface area contributed by atoms with Crippen LogP contribution in [0.4, 0.5) is 4.39 Å². The van der Waals surface area contributed by atoms with Crippen LogP contribution >= 0.6 is 11.6 Å². The number of methoxy groups -OCH3 is 1. The van der Waals surface area contributed by atoms with Gasteiger partial charge >= 0.3 is 0 Å². The highest BCUT2D eigenvalue weighted by atomic mass is 35.5. The maximum absolute atomic E-state index is 13.6. The molecule has 2 aromatic carbocycles. The van der Waals surface area contributed by atoms with Crippen LogP contribution in [0.5, 0.6) is 5.75 Å². The van der Waals surface area contributed by atoms with Crippen molar-refractivity contribution in [2.24, 2.45) is 10.7 Å². The summed E-state index contributed by atoms with van der Waals surface area (Å²) in [5.74, 6) is -0.202. The molecule has 3 heterocycles. The number of amidine groups is 1. The van der Waals surface area contributed by atoms with Gasteiger partial charge in [-0.05, 0) is 36.8 Å². The quantitative estimate of drug-likeness (QED) is 0.497. The summed E-state index contributed by atoms with van der Waals surface area (Å²) in [6.45, 7) is 3.07. The van der Waals surface area contributed by atoms with Gasteiger partial charge in [0.25, 0.3) is 0 Å². The first kappa shape index (κ1) is 23.3. The van der Waals surface area contributed by atoms with E-state index in [9.17, 15) is 4.39 Å². The lowest BCUT2D eigenvalue weighted by atomic mass is 9.92. The SMILES string of the molecule is CCN=C1NC(N)(c2ccc(-n3cnc(Cl)c3)c(OC)c2)NC2=C1CCOC2c1ccc(F)cc1. The summed E-state index contributed by atoms with van der Waals surface area (Å²) in [7, 11) is 1.59. The van der Waals surface area contributed by atoms with E-state index in [1.165, 1.54) is 12.1 Å². The molecule has 0 saturated carbocycles. The van der Waals surface area contributed by atoms with Crippen molar-refractivity contribution < 1.29 is 13.9 Å². The topological polar surface area (TPSA) is 98.7 Å². The Morgan fingerprint density at radius 2 is 2.09 bits per heavy atom. The molecule has 2 aliphatic heterocycles. The van der Waals surface area contributed by atoms with Crippen molar-refractivity contribution in [3.8, 4) is 11.4 Å². The molecule has 182 valence electrons. The van der Waals surface area contributed by atoms with Crippen LogP contribution in [0.25, 0.3) is 5.69 Å². The number of nitrogens with zero attached hydrogens (tertiary/aromatic N) is 3. The van der Waals surface area contributed by atoms with Gasteiger partial charge in [0, 0.05) is 30.3 Å². The Kier molecular flexibility index (Phi) is 6.22. The number of hydrogen-bond acceptors (Lipinski definition) is 6. The van der Waals surface area contributed by atoms with Gasteiger partial charge < -0.3 is 24.7 Å². The average Bonchev–Trinajstić information content (AvgIpc) is 3.30. The van der Waals surface area contributed by atoms with Crippen LogP contribution in [0, 0.1) is 5.82 Å². The van der Waals surface area contributed by atoms with Gasteiger partial charge in [-0.25, -0.2) is 9.37 Å². The molecule has 0 bridgehead atoms. The normalized spacial score (nSPS) is 23.0. The Bertz CT molecular complexity index is 1310. The fraction of sp³-hybridized carbons (Fsp3) is 0.280. The number of benzene rings is 2. The summed E-state index contributed by atoms with van der Waals surface area (Å²) >= 11 is 6.00. The van der Waals surface area contributed by atoms with Crippen molar-refractivity contribution in [2.75, 3.05) is 20.3 Å². The predicted molar refractivity (Wildman–Crippen MR) is 132 cm³/mol. The van der Waals surface area contributed by atoms with Crippen LogP contribution in [-0.2, 0) is 10.5 Å². The van der Waals surface area contributed by atoms with Crippen LogP contribution in [0.2, 0.25) is 5.15 Å². The van der Waals surface area contributed by atoms with Crippen LogP contribution in [0.15, 0.2) is 71.3 Å². The summed E-state index contributed by atoms with van der Waals surface area (Å²) in [5.41, 5.74) is 11.1. The third-order valence-electron chi connectivity index (χ3n) is 6.11. The van der Waals surface area contributed by atoms with Gasteiger partial charge in [-0.15, -0.1) is 0 Å². The van der Waals surface area contributed by atoms with E-state index in [-0.39, 0.29) is 5.82 Å². The molecule has 5 rings (SSSR count). The number of aromatic nitrogens is 2. The second-order valence-electron chi connectivity index (χ2n) is 8.32. The third-order valence-corrected chi connectivity index (χ3v) is 6.31. The van der Waals surface area contributed by atoms with Gasteiger partial charge in [-0.2, -0.15) is 0 Å². The standard InChI is InChI=1S/C25H26ClFN6O2/c1-3-29-24-18-10-11-35-23(15-4-7-17(27)8-5-15)22(18)31-25(28,32-24)16-6-9-19(20(12-16)34-2)33-13-21(26)30-14-33/h4-9,12-14,23,31H,3,10-11,28H2,1-2H3,(H,29,32). The summed E-state index contributed by atoms with van der Waals surface area (Å²) in [6, 6.07) is 12.0. The van der Waals surface area contributed by atoms with E-state index in [1.807, 2.05) is 25.1 Å². The molecule has 3 aromatic rings. The number of nitrogens with one attached hydrogen (secondary N) is 2. The summed E-state index contributed by atoms with van der Waals surface area (Å²) in [5, 5.41) is 7.24. The number of ether oxygens (including phenoxy) is 2. The van der Waals surface area contributed by atoms with Crippen molar-refractivity contribution in [2.45, 2.75) is 25.2 Å². The number of rotatable bonds is 5. The van der Waals surface area contributed by atoms with Gasteiger partial charge in [-0.3, -0.25) is 10.7 Å². The maximum Gasteiger partial charge on any atom is 0.190 e. The zero-order valence-corrected chi connectivity index (χ0v) is 20.1. The van der Waals surface area contributed by atoms with Crippen LogP contribution < -0.4 is 21.1 Å². The molecule has 8 nitrogen and oxygen atoms in total. The highest BCUT2D eigenvalue weighted by Crippen LogP contribution is 2.37. The largest absolute Gasteiger partial charge is 0.495 e. The Balaban J connectivity index is 1.57. The van der Waals surface area contributed by atoms with Crippen molar-refractivity contribution in [3.63, 3.8) is 0 Å². The second-order valence-corrected chi connectivity index (χ2v) is 8.70. The predicted octanol–water partition coefficient (Wildman–Crippen LogP) is 3.77. The molecular formula is C25H26ClFN6O2. The minimum Gasteiger partial charge on any atom is -0.495 e. The molecule has 4 N–H and O–H groups in total. The third kappa shape index (κ3) is 4.38. The monoisotopic (exact) mass is 496 g/mol. The van der Waals surface area contributed by atoms with Crippen LogP contribution in [0.3, 0.4) is 0 Å². The van der Waals surface area contributed by atoms with Gasteiger partial charge in [0.2, 0.25) is 0 Å². The molecule has 2 unspecified atom stereocenters. The Labute approximate surface area is 207 Å². The molecule has 2 atom stereocenters. The first-order valence-corrected chi connectivity index (χ1v) is 11.7. The van der Waals surface area contributed by atoms with E-state index in [4.69, 9.17) is 31.8 Å². The number of aliphatic imine (C=N–C) groups is 1. The first-order valence-electron chi connectivity index (χ1n) is 11.3. The molecule has 0 fully saturated rings. The highest BCUT2D eigenvalue weighted by molar-refractivity contribution is 6.29. The number of nitrogens with two attached hydrogens (primary N) is 1. The molecule has 0 amide bonds. The minimum absolute atomic E-state index is 0.301. The zero-order chi connectivity index (χ0) is 24.6. The van der Waals surface area contributed by atoms with Crippen molar-refractivity contribution in [1.29, 1.82) is 0 Å². The van der Waals surface area contributed by atoms with Crippen molar-refractivity contribution in [1.82, 2.24) is 20.2 Å². The molecule has 35 heavy (non-hydrogen) atoms. The first-order chi connectivity index (χ1) is 16.9. The summed E-state index contributed by atoms with van der Waals surface area (Å²) in [4.78, 5) is 8.77. The lowest BCUT2D eigenvalue weighted by Gasteiger charge is -2.44. The number of hydrogen-bond donors (Lipinski definition) is 3. The van der Waals surface area contributed by atoms with Gasteiger partial charge in [0.15, 0.2) is 5.79 Å². The zero-order valence-electron chi connectivity index (χ0n) is 19.4. The molecule has 0 spiro atoms. The maximum atomic E-state index is 13.6. The molecule has 1 aromatic heterocycles. The summed E-state index contributed by atoms with van der Waals surface area (Å²) in [6.07, 6.45) is 3.56. The van der Waals surface area contributed by atoms with E-state index >= 15 is 0 Å². The molecule has 2 aliphatic rings. The van der Waals surface area contributed by atoms with Crippen LogP contribution in [0.1, 0.15) is 30.6 Å². The average molecular weight is 497 g/mol. The Hall–Kier alpha value is -3.40. The number of halogens is 2. The van der Waals surface area contributed by atoms with E-state index in [0.29, 0.717) is 36.3 Å². The molecule has 0 radical (unpaired) electrons. The highest BCUT2D eigenvalue weighted by Gasteiger charge is 2.41.